The van der Waals surface area contributed by atoms with Crippen LogP contribution in [-0.4, -0.2) is 40.5 Å². The fourth-order valence-corrected chi connectivity index (χ4v) is 2.88. The van der Waals surface area contributed by atoms with Crippen LogP contribution in [0.25, 0.3) is 0 Å². The second kappa shape index (κ2) is 6.66. The molecule has 1 aromatic heterocycles. The molecule has 2 rings (SSSR count). The molecule has 0 amide bonds. The number of halogens is 1. The van der Waals surface area contributed by atoms with Gasteiger partial charge in [-0.15, -0.1) is 0 Å². The molecule has 1 aromatic rings. The molecule has 1 N–H and O–H groups in total. The number of anilines is 1. The van der Waals surface area contributed by atoms with Crippen molar-refractivity contribution in [1.29, 1.82) is 0 Å². The number of likely N-dealkylation sites (tertiary alicyclic amines) is 1. The van der Waals surface area contributed by atoms with Gasteiger partial charge in [0, 0.05) is 31.6 Å². The molecule has 1 aliphatic heterocycles. The molecular formula is C14H23BrN4. The van der Waals surface area contributed by atoms with Crippen molar-refractivity contribution in [2.24, 2.45) is 5.92 Å². The lowest BCUT2D eigenvalue weighted by Crippen LogP contribution is -2.29. The molecule has 0 bridgehead atoms. The maximum Gasteiger partial charge on any atom is 0.131 e. The predicted octanol–water partition coefficient (Wildman–Crippen LogP) is 2.94. The van der Waals surface area contributed by atoms with Crippen LogP contribution in [-0.2, 0) is 6.42 Å². The van der Waals surface area contributed by atoms with E-state index in [-0.39, 0.29) is 0 Å². The summed E-state index contributed by atoms with van der Waals surface area (Å²) in [7, 11) is 0. The third-order valence-electron chi connectivity index (χ3n) is 3.68. The first kappa shape index (κ1) is 14.7. The number of rotatable bonds is 5. The van der Waals surface area contributed by atoms with Gasteiger partial charge in [0.05, 0.1) is 0 Å². The highest BCUT2D eigenvalue weighted by Gasteiger charge is 2.23. The minimum Gasteiger partial charge on any atom is -0.370 e. The molecule has 5 heteroatoms. The van der Waals surface area contributed by atoms with Crippen molar-refractivity contribution in [2.45, 2.75) is 39.7 Å². The summed E-state index contributed by atoms with van der Waals surface area (Å²) in [6.45, 7) is 10.0. The van der Waals surface area contributed by atoms with E-state index < -0.39 is 0 Å². The zero-order chi connectivity index (χ0) is 13.8. The van der Waals surface area contributed by atoms with Crippen molar-refractivity contribution in [1.82, 2.24) is 14.9 Å². The second-order valence-corrected chi connectivity index (χ2v) is 6.28. The first-order chi connectivity index (χ1) is 9.08. The Bertz CT molecular complexity index is 422. The van der Waals surface area contributed by atoms with Crippen LogP contribution in [0.4, 0.5) is 5.82 Å². The number of nitrogens with one attached hydrogen (secondary N) is 1. The summed E-state index contributed by atoms with van der Waals surface area (Å²) in [6.07, 6.45) is 2.14. The zero-order valence-electron chi connectivity index (χ0n) is 12.0. The van der Waals surface area contributed by atoms with E-state index in [1.54, 1.807) is 0 Å². The lowest BCUT2D eigenvalue weighted by Gasteiger charge is -2.20. The summed E-state index contributed by atoms with van der Waals surface area (Å²) in [5.74, 6) is 2.54. The van der Waals surface area contributed by atoms with Crippen molar-refractivity contribution in [3.05, 3.63) is 16.5 Å². The van der Waals surface area contributed by atoms with Gasteiger partial charge in [0.15, 0.2) is 0 Å². The molecule has 0 aliphatic carbocycles. The topological polar surface area (TPSA) is 41.1 Å². The quantitative estimate of drug-likeness (QED) is 0.844. The molecule has 4 nitrogen and oxygen atoms in total. The molecule has 0 aromatic carbocycles. The summed E-state index contributed by atoms with van der Waals surface area (Å²) < 4.78 is 0.858. The molecule has 19 heavy (non-hydrogen) atoms. The number of hydrogen-bond donors (Lipinski definition) is 1. The lowest BCUT2D eigenvalue weighted by atomic mass is 10.1. The Morgan fingerprint density at radius 1 is 1.47 bits per heavy atom. The first-order valence-corrected chi connectivity index (χ1v) is 7.89. The van der Waals surface area contributed by atoms with Gasteiger partial charge in [-0.25, -0.2) is 9.97 Å². The van der Waals surface area contributed by atoms with Crippen molar-refractivity contribution < 1.29 is 0 Å². The third-order valence-corrected chi connectivity index (χ3v) is 4.08. The summed E-state index contributed by atoms with van der Waals surface area (Å²) >= 11 is 3.44. The van der Waals surface area contributed by atoms with Gasteiger partial charge in [-0.3, -0.25) is 0 Å². The van der Waals surface area contributed by atoms with Crippen LogP contribution in [0.2, 0.25) is 0 Å². The monoisotopic (exact) mass is 326 g/mol. The number of nitrogens with zero attached hydrogens (tertiary/aromatic N) is 3. The van der Waals surface area contributed by atoms with Crippen LogP contribution < -0.4 is 5.32 Å². The number of aromatic nitrogens is 2. The molecule has 1 atom stereocenters. The fourth-order valence-electron chi connectivity index (χ4n) is 2.46. The minimum absolute atomic E-state index is 0.657. The molecule has 1 saturated heterocycles. The van der Waals surface area contributed by atoms with Crippen molar-refractivity contribution in [3.8, 4) is 0 Å². The Morgan fingerprint density at radius 2 is 2.26 bits per heavy atom. The van der Waals surface area contributed by atoms with Crippen LogP contribution in [0.5, 0.6) is 0 Å². The number of aryl methyl sites for hydroxylation is 1. The normalized spacial score (nSPS) is 20.2. The van der Waals surface area contributed by atoms with Gasteiger partial charge in [0.1, 0.15) is 16.2 Å². The van der Waals surface area contributed by atoms with E-state index in [4.69, 9.17) is 0 Å². The van der Waals surface area contributed by atoms with Gasteiger partial charge in [-0.1, -0.05) is 6.92 Å². The highest BCUT2D eigenvalue weighted by atomic mass is 79.9. The van der Waals surface area contributed by atoms with Crippen LogP contribution >= 0.6 is 15.9 Å². The summed E-state index contributed by atoms with van der Waals surface area (Å²) in [5, 5.41) is 3.45. The van der Waals surface area contributed by atoms with Crippen LogP contribution in [0.1, 0.15) is 33.0 Å². The largest absolute Gasteiger partial charge is 0.370 e. The third kappa shape index (κ3) is 4.14. The Morgan fingerprint density at radius 3 is 2.89 bits per heavy atom. The van der Waals surface area contributed by atoms with E-state index in [0.29, 0.717) is 6.04 Å². The highest BCUT2D eigenvalue weighted by molar-refractivity contribution is 9.10. The van der Waals surface area contributed by atoms with Crippen LogP contribution in [0.15, 0.2) is 10.7 Å². The van der Waals surface area contributed by atoms with E-state index in [2.05, 4.69) is 56.9 Å². The summed E-state index contributed by atoms with van der Waals surface area (Å²) in [4.78, 5) is 11.4. The van der Waals surface area contributed by atoms with Crippen LogP contribution in [0.3, 0.4) is 0 Å². The standard InChI is InChI=1S/C14H23BrN4/c1-4-13-17-12(15)7-14(18-13)16-8-11-5-6-19(9-11)10(2)3/h7,10-11H,4-6,8-9H2,1-3H3,(H,16,17,18). The Kier molecular flexibility index (Phi) is 5.16. The molecular weight excluding hydrogens is 304 g/mol. The molecule has 2 heterocycles. The van der Waals surface area contributed by atoms with E-state index in [0.717, 1.165) is 35.1 Å². The van der Waals surface area contributed by atoms with Gasteiger partial charge in [0.2, 0.25) is 0 Å². The minimum atomic E-state index is 0.657. The van der Waals surface area contributed by atoms with Crippen molar-refractivity contribution >= 4 is 21.7 Å². The Balaban J connectivity index is 1.87. The zero-order valence-corrected chi connectivity index (χ0v) is 13.6. The Labute approximate surface area is 124 Å². The molecule has 106 valence electrons. The molecule has 1 unspecified atom stereocenters. The van der Waals surface area contributed by atoms with Gasteiger partial charge >= 0.3 is 0 Å². The van der Waals surface area contributed by atoms with E-state index in [1.165, 1.54) is 19.5 Å². The van der Waals surface area contributed by atoms with Gasteiger partial charge in [-0.05, 0) is 48.7 Å². The maximum atomic E-state index is 4.50. The average Bonchev–Trinajstić information content (AvgIpc) is 2.84. The summed E-state index contributed by atoms with van der Waals surface area (Å²) in [6, 6.07) is 2.61. The van der Waals surface area contributed by atoms with Crippen molar-refractivity contribution in [2.75, 3.05) is 25.0 Å². The smallest absolute Gasteiger partial charge is 0.131 e. The van der Waals surface area contributed by atoms with E-state index in [9.17, 15) is 0 Å². The molecule has 0 radical (unpaired) electrons. The van der Waals surface area contributed by atoms with E-state index >= 15 is 0 Å². The molecule has 1 fully saturated rings. The molecule has 0 spiro atoms. The Hall–Kier alpha value is -0.680. The second-order valence-electron chi connectivity index (χ2n) is 5.47. The number of hydrogen-bond acceptors (Lipinski definition) is 4. The van der Waals surface area contributed by atoms with E-state index in [1.807, 2.05) is 6.07 Å². The summed E-state index contributed by atoms with van der Waals surface area (Å²) in [5.41, 5.74) is 0. The van der Waals surface area contributed by atoms with Crippen molar-refractivity contribution in [3.63, 3.8) is 0 Å². The molecule has 0 saturated carbocycles. The molecule has 1 aliphatic rings. The van der Waals surface area contributed by atoms with Crippen LogP contribution in [0, 0.1) is 5.92 Å². The maximum absolute atomic E-state index is 4.50. The van der Waals surface area contributed by atoms with Gasteiger partial charge in [-0.2, -0.15) is 0 Å². The average molecular weight is 327 g/mol. The van der Waals surface area contributed by atoms with Gasteiger partial charge < -0.3 is 10.2 Å². The lowest BCUT2D eigenvalue weighted by molar-refractivity contribution is 0.266. The highest BCUT2D eigenvalue weighted by Crippen LogP contribution is 2.19. The first-order valence-electron chi connectivity index (χ1n) is 7.10. The fraction of sp³-hybridized carbons (Fsp3) is 0.714. The SMILES string of the molecule is CCc1nc(Br)cc(NCC2CCN(C(C)C)C2)n1. The van der Waals surface area contributed by atoms with Gasteiger partial charge in [0.25, 0.3) is 0 Å². The predicted molar refractivity (Wildman–Crippen MR) is 82.4 cm³/mol.